The first-order valence-corrected chi connectivity index (χ1v) is 8.52. The lowest BCUT2D eigenvalue weighted by Gasteiger charge is -2.47. The molecule has 1 aromatic carbocycles. The summed E-state index contributed by atoms with van der Waals surface area (Å²) in [5, 5.41) is 0. The summed E-state index contributed by atoms with van der Waals surface area (Å²) in [6.07, 6.45) is 5.87. The van der Waals surface area contributed by atoms with Crippen LogP contribution in [0.1, 0.15) is 57.6 Å². The Labute approximate surface area is 130 Å². The van der Waals surface area contributed by atoms with Crippen LogP contribution < -0.4 is 10.5 Å². The molecule has 1 spiro atoms. The topological polar surface area (TPSA) is 35.2 Å². The molecule has 0 aromatic heterocycles. The highest BCUT2D eigenvalue weighted by Gasteiger charge is 2.43. The van der Waals surface area contributed by atoms with Gasteiger partial charge in [0.1, 0.15) is 11.4 Å². The second-order valence-electron chi connectivity index (χ2n) is 6.88. The van der Waals surface area contributed by atoms with Gasteiger partial charge >= 0.3 is 0 Å². The molecule has 2 aliphatic rings. The lowest BCUT2D eigenvalue weighted by atomic mass is 9.70. The highest BCUT2D eigenvalue weighted by molar-refractivity contribution is 9.10. The zero-order chi connectivity index (χ0) is 14.3. The minimum absolute atomic E-state index is 0.0204. The van der Waals surface area contributed by atoms with Crippen LogP contribution in [0, 0.1) is 11.8 Å². The lowest BCUT2D eigenvalue weighted by molar-refractivity contribution is -0.0249. The highest BCUT2D eigenvalue weighted by atomic mass is 79.9. The number of fused-ring (bicyclic) bond motifs is 1. The van der Waals surface area contributed by atoms with Gasteiger partial charge in [0.15, 0.2) is 0 Å². The first-order chi connectivity index (χ1) is 9.49. The van der Waals surface area contributed by atoms with Crippen molar-refractivity contribution < 1.29 is 4.74 Å². The standard InChI is InChI=1S/C17H24BrNO/c1-11(2)12-4-3-7-17(9-12)10-15(19)14-8-13(18)5-6-16(14)20-17/h5-6,8,11-12,15H,3-4,7,9-10,19H2,1-2H3/t12?,15-,17?/m1/s1. The molecular weight excluding hydrogens is 314 g/mol. The average molecular weight is 338 g/mol. The summed E-state index contributed by atoms with van der Waals surface area (Å²) in [5.74, 6) is 2.50. The second kappa shape index (κ2) is 5.34. The van der Waals surface area contributed by atoms with Gasteiger partial charge in [0.2, 0.25) is 0 Å². The maximum Gasteiger partial charge on any atom is 0.124 e. The molecule has 1 aromatic rings. The SMILES string of the molecule is CC(C)C1CCCC2(C1)C[C@@H](N)c1cc(Br)ccc1O2. The third kappa shape index (κ3) is 2.62. The Morgan fingerprint density at radius 3 is 2.90 bits per heavy atom. The van der Waals surface area contributed by atoms with Gasteiger partial charge in [-0.1, -0.05) is 29.8 Å². The van der Waals surface area contributed by atoms with Crippen LogP contribution in [0.4, 0.5) is 0 Å². The molecule has 2 N–H and O–H groups in total. The minimum Gasteiger partial charge on any atom is -0.487 e. The molecule has 0 bridgehead atoms. The average Bonchev–Trinajstić information content (AvgIpc) is 2.40. The van der Waals surface area contributed by atoms with Crippen molar-refractivity contribution in [2.24, 2.45) is 17.6 Å². The fraction of sp³-hybridized carbons (Fsp3) is 0.647. The van der Waals surface area contributed by atoms with Crippen LogP contribution in [-0.2, 0) is 0 Å². The first-order valence-electron chi connectivity index (χ1n) is 7.73. The van der Waals surface area contributed by atoms with E-state index in [1.54, 1.807) is 0 Å². The third-order valence-corrected chi connectivity index (χ3v) is 5.57. The largest absolute Gasteiger partial charge is 0.487 e. The molecule has 2 nitrogen and oxygen atoms in total. The van der Waals surface area contributed by atoms with E-state index in [9.17, 15) is 0 Å². The molecule has 1 aliphatic heterocycles. The van der Waals surface area contributed by atoms with Gasteiger partial charge in [-0.15, -0.1) is 0 Å². The predicted octanol–water partition coefficient (Wildman–Crippen LogP) is 4.82. The number of rotatable bonds is 1. The van der Waals surface area contributed by atoms with Gasteiger partial charge in [0, 0.05) is 22.5 Å². The van der Waals surface area contributed by atoms with Gasteiger partial charge in [-0.3, -0.25) is 0 Å². The van der Waals surface area contributed by atoms with Crippen molar-refractivity contribution in [3.8, 4) is 5.75 Å². The molecule has 0 saturated heterocycles. The van der Waals surface area contributed by atoms with E-state index in [0.717, 1.165) is 46.9 Å². The summed E-state index contributed by atoms with van der Waals surface area (Å²) in [5.41, 5.74) is 7.57. The van der Waals surface area contributed by atoms with Crippen molar-refractivity contribution in [3.05, 3.63) is 28.2 Å². The molecule has 0 radical (unpaired) electrons. The maximum atomic E-state index is 6.47. The highest BCUT2D eigenvalue weighted by Crippen LogP contribution is 2.48. The van der Waals surface area contributed by atoms with Crippen LogP contribution >= 0.6 is 15.9 Å². The Bertz CT molecular complexity index is 502. The molecule has 1 heterocycles. The Morgan fingerprint density at radius 2 is 2.15 bits per heavy atom. The van der Waals surface area contributed by atoms with E-state index in [1.807, 2.05) is 6.07 Å². The van der Waals surface area contributed by atoms with Gasteiger partial charge in [-0.25, -0.2) is 0 Å². The number of nitrogens with two attached hydrogens (primary N) is 1. The van der Waals surface area contributed by atoms with E-state index >= 15 is 0 Å². The van der Waals surface area contributed by atoms with Crippen molar-refractivity contribution in [1.29, 1.82) is 0 Å². The number of benzene rings is 1. The van der Waals surface area contributed by atoms with Crippen LogP contribution in [-0.4, -0.2) is 5.60 Å². The van der Waals surface area contributed by atoms with E-state index in [4.69, 9.17) is 10.5 Å². The van der Waals surface area contributed by atoms with Crippen molar-refractivity contribution in [3.63, 3.8) is 0 Å². The van der Waals surface area contributed by atoms with Crippen LogP contribution in [0.25, 0.3) is 0 Å². The molecule has 1 fully saturated rings. The summed E-state index contributed by atoms with van der Waals surface area (Å²) in [6, 6.07) is 6.32. The second-order valence-corrected chi connectivity index (χ2v) is 7.79. The maximum absolute atomic E-state index is 6.47. The summed E-state index contributed by atoms with van der Waals surface area (Å²) in [4.78, 5) is 0. The number of halogens is 1. The third-order valence-electron chi connectivity index (χ3n) is 5.07. The molecule has 20 heavy (non-hydrogen) atoms. The van der Waals surface area contributed by atoms with Gasteiger partial charge < -0.3 is 10.5 Å². The predicted molar refractivity (Wildman–Crippen MR) is 85.8 cm³/mol. The van der Waals surface area contributed by atoms with E-state index in [0.29, 0.717) is 0 Å². The Hall–Kier alpha value is -0.540. The number of ether oxygens (including phenoxy) is 1. The number of hydrogen-bond donors (Lipinski definition) is 1. The molecule has 3 rings (SSSR count). The van der Waals surface area contributed by atoms with Crippen molar-refractivity contribution in [2.75, 3.05) is 0 Å². The van der Waals surface area contributed by atoms with Crippen molar-refractivity contribution in [2.45, 2.75) is 57.6 Å². The summed E-state index contributed by atoms with van der Waals surface area (Å²) >= 11 is 3.52. The van der Waals surface area contributed by atoms with E-state index in [-0.39, 0.29) is 11.6 Å². The van der Waals surface area contributed by atoms with E-state index < -0.39 is 0 Å². The summed E-state index contributed by atoms with van der Waals surface area (Å²) < 4.78 is 7.54. The van der Waals surface area contributed by atoms with Crippen LogP contribution in [0.3, 0.4) is 0 Å². The summed E-state index contributed by atoms with van der Waals surface area (Å²) in [7, 11) is 0. The summed E-state index contributed by atoms with van der Waals surface area (Å²) in [6.45, 7) is 4.66. The van der Waals surface area contributed by atoms with E-state index in [1.165, 1.54) is 12.8 Å². The first kappa shape index (κ1) is 14.4. The van der Waals surface area contributed by atoms with Crippen LogP contribution in [0.2, 0.25) is 0 Å². The quantitative estimate of drug-likeness (QED) is 0.797. The number of hydrogen-bond acceptors (Lipinski definition) is 2. The molecule has 0 amide bonds. The van der Waals surface area contributed by atoms with Crippen LogP contribution in [0.15, 0.2) is 22.7 Å². The van der Waals surface area contributed by atoms with Crippen molar-refractivity contribution >= 4 is 15.9 Å². The monoisotopic (exact) mass is 337 g/mol. The zero-order valence-electron chi connectivity index (χ0n) is 12.4. The molecule has 3 atom stereocenters. The zero-order valence-corrected chi connectivity index (χ0v) is 13.9. The lowest BCUT2D eigenvalue weighted by Crippen LogP contribution is -2.47. The van der Waals surface area contributed by atoms with Crippen molar-refractivity contribution in [1.82, 2.24) is 0 Å². The van der Waals surface area contributed by atoms with E-state index in [2.05, 4.69) is 41.9 Å². The molecule has 2 unspecified atom stereocenters. The normalized spacial score (nSPS) is 33.0. The minimum atomic E-state index is -0.0204. The van der Waals surface area contributed by atoms with Gasteiger partial charge in [0.25, 0.3) is 0 Å². The molecule has 1 saturated carbocycles. The Balaban J connectivity index is 1.88. The molecule has 1 aliphatic carbocycles. The van der Waals surface area contributed by atoms with Gasteiger partial charge in [-0.05, 0) is 55.7 Å². The fourth-order valence-electron chi connectivity index (χ4n) is 3.90. The smallest absolute Gasteiger partial charge is 0.124 e. The Kier molecular flexibility index (Phi) is 3.85. The molecule has 3 heteroatoms. The Morgan fingerprint density at radius 1 is 1.35 bits per heavy atom. The van der Waals surface area contributed by atoms with Gasteiger partial charge in [-0.2, -0.15) is 0 Å². The van der Waals surface area contributed by atoms with Crippen LogP contribution in [0.5, 0.6) is 5.75 Å². The fourth-order valence-corrected chi connectivity index (χ4v) is 4.28. The molecular formula is C17H24BrNO. The molecule has 110 valence electrons. The van der Waals surface area contributed by atoms with Gasteiger partial charge in [0.05, 0.1) is 0 Å².